The van der Waals surface area contributed by atoms with E-state index in [-0.39, 0.29) is 31.2 Å². The molecule has 34 heavy (non-hydrogen) atoms. The highest BCUT2D eigenvalue weighted by Gasteiger charge is 2.35. The number of thiophene rings is 1. The maximum Gasteiger partial charge on any atom is 0.254 e. The Morgan fingerprint density at radius 2 is 1.74 bits per heavy atom. The van der Waals surface area contributed by atoms with Crippen LogP contribution in [0.1, 0.15) is 33.6 Å². The van der Waals surface area contributed by atoms with Crippen LogP contribution in [0.2, 0.25) is 10.0 Å². The molecule has 2 heterocycles. The molecule has 1 aromatic heterocycles. The van der Waals surface area contributed by atoms with E-state index in [1.54, 1.807) is 39.3 Å². The summed E-state index contributed by atoms with van der Waals surface area (Å²) in [4.78, 5) is 31.3. The number of rotatable bonds is 8. The van der Waals surface area contributed by atoms with Crippen molar-refractivity contribution in [2.24, 2.45) is 0 Å². The zero-order chi connectivity index (χ0) is 23.7. The molecule has 0 spiro atoms. The summed E-state index contributed by atoms with van der Waals surface area (Å²) in [6.45, 7) is 1.04. The lowest BCUT2D eigenvalue weighted by Gasteiger charge is -2.28. The number of ether oxygens (including phenoxy) is 2. The van der Waals surface area contributed by atoms with Crippen molar-refractivity contribution < 1.29 is 19.1 Å². The van der Waals surface area contributed by atoms with Crippen LogP contribution in [-0.2, 0) is 17.9 Å². The molecule has 6 nitrogen and oxygen atoms in total. The van der Waals surface area contributed by atoms with Gasteiger partial charge in [-0.3, -0.25) is 9.59 Å². The molecule has 1 saturated carbocycles. The van der Waals surface area contributed by atoms with E-state index < -0.39 is 0 Å². The molecule has 0 bridgehead atoms. The van der Waals surface area contributed by atoms with E-state index in [2.05, 4.69) is 0 Å². The minimum Gasteiger partial charge on any atom is -0.454 e. The first-order valence-corrected chi connectivity index (χ1v) is 12.6. The largest absolute Gasteiger partial charge is 0.454 e. The number of nitrogens with zero attached hydrogens (tertiary/aromatic N) is 2. The van der Waals surface area contributed by atoms with Crippen LogP contribution < -0.4 is 9.47 Å². The van der Waals surface area contributed by atoms with Crippen LogP contribution in [-0.4, -0.2) is 41.0 Å². The molecular formula is C25H22Cl2N2O4S. The summed E-state index contributed by atoms with van der Waals surface area (Å²) in [5.41, 5.74) is 1.32. The highest BCUT2D eigenvalue weighted by molar-refractivity contribution is 7.09. The van der Waals surface area contributed by atoms with Crippen molar-refractivity contribution in [3.8, 4) is 11.5 Å². The molecule has 0 N–H and O–H groups in total. The smallest absolute Gasteiger partial charge is 0.254 e. The molecule has 9 heteroatoms. The first-order chi connectivity index (χ1) is 16.5. The van der Waals surface area contributed by atoms with Crippen molar-refractivity contribution in [1.29, 1.82) is 0 Å². The fourth-order valence-electron chi connectivity index (χ4n) is 3.92. The van der Waals surface area contributed by atoms with E-state index in [0.29, 0.717) is 40.2 Å². The minimum atomic E-state index is -0.237. The predicted octanol–water partition coefficient (Wildman–Crippen LogP) is 5.62. The van der Waals surface area contributed by atoms with Crippen LogP contribution in [0.15, 0.2) is 53.9 Å². The van der Waals surface area contributed by atoms with Gasteiger partial charge in [0.1, 0.15) is 6.54 Å². The summed E-state index contributed by atoms with van der Waals surface area (Å²) in [7, 11) is 0. The highest BCUT2D eigenvalue weighted by Crippen LogP contribution is 2.33. The quantitative estimate of drug-likeness (QED) is 0.390. The Kier molecular flexibility index (Phi) is 6.68. The Morgan fingerprint density at radius 3 is 2.44 bits per heavy atom. The number of fused-ring (bicyclic) bond motifs is 1. The first-order valence-electron chi connectivity index (χ1n) is 10.9. The second kappa shape index (κ2) is 9.86. The normalized spacial score (nSPS) is 14.2. The Morgan fingerprint density at radius 1 is 0.971 bits per heavy atom. The van der Waals surface area contributed by atoms with Gasteiger partial charge in [0.2, 0.25) is 12.7 Å². The number of carbonyl (C=O) groups excluding carboxylic acids is 2. The zero-order valence-electron chi connectivity index (χ0n) is 18.2. The third-order valence-electron chi connectivity index (χ3n) is 5.75. The number of benzene rings is 2. The molecule has 1 aliphatic heterocycles. The van der Waals surface area contributed by atoms with E-state index in [9.17, 15) is 9.59 Å². The Hall–Kier alpha value is -2.74. The van der Waals surface area contributed by atoms with E-state index in [1.165, 1.54) is 0 Å². The molecule has 1 aliphatic carbocycles. The Balaban J connectivity index is 1.36. The third kappa shape index (κ3) is 5.32. The fourth-order valence-corrected chi connectivity index (χ4v) is 5.17. The summed E-state index contributed by atoms with van der Waals surface area (Å²) in [6, 6.07) is 14.5. The van der Waals surface area contributed by atoms with Crippen LogP contribution in [0.5, 0.6) is 11.5 Å². The van der Waals surface area contributed by atoms with Crippen molar-refractivity contribution in [3.05, 3.63) is 80.0 Å². The van der Waals surface area contributed by atoms with E-state index in [0.717, 1.165) is 23.3 Å². The summed E-state index contributed by atoms with van der Waals surface area (Å²) in [5.74, 6) is 1.01. The molecule has 5 rings (SSSR count). The van der Waals surface area contributed by atoms with Crippen molar-refractivity contribution in [3.63, 3.8) is 0 Å². The van der Waals surface area contributed by atoms with E-state index in [1.807, 2.05) is 35.7 Å². The lowest BCUT2D eigenvalue weighted by Crippen LogP contribution is -2.43. The van der Waals surface area contributed by atoms with Gasteiger partial charge in [-0.1, -0.05) is 35.3 Å². The van der Waals surface area contributed by atoms with Gasteiger partial charge >= 0.3 is 0 Å². The summed E-state index contributed by atoms with van der Waals surface area (Å²) in [6.07, 6.45) is 1.75. The van der Waals surface area contributed by atoms with Gasteiger partial charge in [0, 0.05) is 33.1 Å². The van der Waals surface area contributed by atoms with Gasteiger partial charge < -0.3 is 19.3 Å². The SMILES string of the molecule is O=C(CN(C(=O)c1cc(Cl)cc(Cl)c1)C1CC1)N(Cc1ccc2c(c1)OCO2)Cc1cccs1. The van der Waals surface area contributed by atoms with E-state index in [4.69, 9.17) is 32.7 Å². The van der Waals surface area contributed by atoms with Gasteiger partial charge in [-0.2, -0.15) is 0 Å². The van der Waals surface area contributed by atoms with Gasteiger partial charge in [0.05, 0.1) is 6.54 Å². The molecular weight excluding hydrogens is 495 g/mol. The fraction of sp³-hybridized carbons (Fsp3) is 0.280. The molecule has 176 valence electrons. The molecule has 0 unspecified atom stereocenters. The third-order valence-corrected chi connectivity index (χ3v) is 7.05. The average Bonchev–Trinajstić information content (AvgIpc) is 3.31. The van der Waals surface area contributed by atoms with Crippen LogP contribution in [0.4, 0.5) is 0 Å². The predicted molar refractivity (Wildman–Crippen MR) is 132 cm³/mol. The lowest BCUT2D eigenvalue weighted by molar-refractivity contribution is -0.133. The molecule has 0 radical (unpaired) electrons. The lowest BCUT2D eigenvalue weighted by atomic mass is 10.1. The minimum absolute atomic E-state index is 0.0104. The van der Waals surface area contributed by atoms with Crippen LogP contribution >= 0.6 is 34.5 Å². The average molecular weight is 517 g/mol. The van der Waals surface area contributed by atoms with Crippen molar-refractivity contribution in [2.75, 3.05) is 13.3 Å². The van der Waals surface area contributed by atoms with Crippen molar-refractivity contribution in [2.45, 2.75) is 32.0 Å². The maximum atomic E-state index is 13.5. The van der Waals surface area contributed by atoms with Crippen LogP contribution in [0.3, 0.4) is 0 Å². The summed E-state index contributed by atoms with van der Waals surface area (Å²) < 4.78 is 10.9. The van der Waals surface area contributed by atoms with Crippen molar-refractivity contribution >= 4 is 46.4 Å². The zero-order valence-corrected chi connectivity index (χ0v) is 20.5. The molecule has 0 saturated heterocycles. The number of amides is 2. The Labute approximate surface area is 211 Å². The number of carbonyl (C=O) groups is 2. The van der Waals surface area contributed by atoms with Gasteiger partial charge in [-0.05, 0) is 60.2 Å². The number of halogens is 2. The van der Waals surface area contributed by atoms with Gasteiger partial charge in [-0.25, -0.2) is 0 Å². The first kappa shape index (κ1) is 23.0. The second-order valence-electron chi connectivity index (χ2n) is 8.34. The van der Waals surface area contributed by atoms with Crippen LogP contribution in [0, 0.1) is 0 Å². The Bertz CT molecular complexity index is 1190. The highest BCUT2D eigenvalue weighted by atomic mass is 35.5. The van der Waals surface area contributed by atoms with Gasteiger partial charge in [0.25, 0.3) is 5.91 Å². The van der Waals surface area contributed by atoms with Crippen molar-refractivity contribution in [1.82, 2.24) is 9.80 Å². The van der Waals surface area contributed by atoms with Gasteiger partial charge in [-0.15, -0.1) is 11.3 Å². The molecule has 1 fully saturated rings. The summed E-state index contributed by atoms with van der Waals surface area (Å²) >= 11 is 13.8. The maximum absolute atomic E-state index is 13.5. The van der Waals surface area contributed by atoms with Gasteiger partial charge in [0.15, 0.2) is 11.5 Å². The molecule has 2 aliphatic rings. The number of hydrogen-bond donors (Lipinski definition) is 0. The topological polar surface area (TPSA) is 59.1 Å². The molecule has 2 amide bonds. The second-order valence-corrected chi connectivity index (χ2v) is 10.2. The standard InChI is InChI=1S/C25H22Cl2N2O4S/c26-18-9-17(10-19(27)11-18)25(31)29(20-4-5-20)14-24(30)28(13-21-2-1-7-34-21)12-16-3-6-22-23(8-16)33-15-32-22/h1-3,6-11,20H,4-5,12-15H2. The van der Waals surface area contributed by atoms with Crippen LogP contribution in [0.25, 0.3) is 0 Å². The molecule has 0 atom stereocenters. The molecule has 3 aromatic rings. The summed E-state index contributed by atoms with van der Waals surface area (Å²) in [5, 5.41) is 2.77. The number of hydrogen-bond acceptors (Lipinski definition) is 5. The van der Waals surface area contributed by atoms with E-state index >= 15 is 0 Å². The monoisotopic (exact) mass is 516 g/mol. The molecule has 2 aromatic carbocycles.